The van der Waals surface area contributed by atoms with Crippen molar-refractivity contribution in [3.8, 4) is 5.75 Å². The molecule has 0 aromatic heterocycles. The fourth-order valence-corrected chi connectivity index (χ4v) is 4.88. The van der Waals surface area contributed by atoms with Crippen molar-refractivity contribution in [3.05, 3.63) is 29.3 Å². The van der Waals surface area contributed by atoms with Gasteiger partial charge in [-0.2, -0.15) is 0 Å². The summed E-state index contributed by atoms with van der Waals surface area (Å²) in [6.07, 6.45) is 6.19. The van der Waals surface area contributed by atoms with Crippen LogP contribution in [0, 0.1) is 5.92 Å². The van der Waals surface area contributed by atoms with E-state index < -0.39 is 0 Å². The monoisotopic (exact) mass is 472 g/mol. The lowest BCUT2D eigenvalue weighted by atomic mass is 10.0. The number of rotatable bonds is 7. The number of carbonyl (C=O) groups is 2. The lowest BCUT2D eigenvalue weighted by molar-refractivity contribution is -0.122. The Morgan fingerprint density at radius 2 is 2.06 bits per heavy atom. The number of fused-ring (bicyclic) bond motifs is 1. The first kappa shape index (κ1) is 26.5. The molecule has 2 heterocycles. The lowest BCUT2D eigenvalue weighted by Gasteiger charge is -2.26. The van der Waals surface area contributed by atoms with E-state index in [-0.39, 0.29) is 11.8 Å². The summed E-state index contributed by atoms with van der Waals surface area (Å²) in [4.78, 5) is 30.6. The average molecular weight is 473 g/mol. The summed E-state index contributed by atoms with van der Waals surface area (Å²) in [5.74, 6) is 1.29. The third-order valence-electron chi connectivity index (χ3n) is 6.95. The second-order valence-corrected chi connectivity index (χ2v) is 10.1. The van der Waals surface area contributed by atoms with Gasteiger partial charge in [0.1, 0.15) is 5.75 Å². The number of hydrogen-bond donors (Lipinski definition) is 2. The maximum Gasteiger partial charge on any atom is 0.251 e. The van der Waals surface area contributed by atoms with E-state index in [0.29, 0.717) is 50.3 Å². The summed E-state index contributed by atoms with van der Waals surface area (Å²) in [6, 6.07) is 6.17. The zero-order chi connectivity index (χ0) is 24.3. The highest BCUT2D eigenvalue weighted by Crippen LogP contribution is 2.26. The van der Waals surface area contributed by atoms with E-state index in [1.54, 1.807) is 0 Å². The van der Waals surface area contributed by atoms with Crippen LogP contribution in [0.4, 0.5) is 0 Å². The van der Waals surface area contributed by atoms with Gasteiger partial charge in [-0.3, -0.25) is 19.4 Å². The molecule has 7 nitrogen and oxygen atoms in total. The first-order valence-corrected chi connectivity index (χ1v) is 13.2. The Morgan fingerprint density at radius 3 is 2.85 bits per heavy atom. The molecule has 1 aromatic carbocycles. The fraction of sp³-hybridized carbons (Fsp3) is 0.704. The summed E-state index contributed by atoms with van der Waals surface area (Å²) in [6.45, 7) is 12.3. The summed E-state index contributed by atoms with van der Waals surface area (Å²) in [5, 5.41) is 6.25. The third-order valence-corrected chi connectivity index (χ3v) is 6.95. The quantitative estimate of drug-likeness (QED) is 0.636. The minimum absolute atomic E-state index is 0.0493. The Morgan fingerprint density at radius 1 is 1.21 bits per heavy atom. The molecule has 1 fully saturated rings. The summed E-state index contributed by atoms with van der Waals surface area (Å²) in [7, 11) is 0. The van der Waals surface area contributed by atoms with E-state index in [1.807, 2.05) is 18.2 Å². The maximum atomic E-state index is 13.4. The predicted molar refractivity (Wildman–Crippen MR) is 136 cm³/mol. The lowest BCUT2D eigenvalue weighted by Crippen LogP contribution is -2.41. The number of hydrogen-bond acceptors (Lipinski definition) is 5. The molecule has 7 heteroatoms. The molecule has 1 atom stereocenters. The molecule has 2 N–H and O–H groups in total. The van der Waals surface area contributed by atoms with Crippen LogP contribution in [0.15, 0.2) is 18.2 Å². The molecular weight excluding hydrogens is 428 g/mol. The maximum absolute atomic E-state index is 13.4. The highest BCUT2D eigenvalue weighted by Gasteiger charge is 2.25. The molecule has 0 saturated carbocycles. The molecule has 2 aliphatic rings. The number of nitrogens with zero attached hydrogens (tertiary/aromatic N) is 2. The molecule has 3 rings (SSSR count). The Balaban J connectivity index is 1.81. The van der Waals surface area contributed by atoms with Crippen LogP contribution >= 0.6 is 0 Å². The number of benzene rings is 1. The summed E-state index contributed by atoms with van der Waals surface area (Å²) < 4.78 is 6.18. The van der Waals surface area contributed by atoms with Crippen molar-refractivity contribution in [2.45, 2.75) is 71.9 Å². The van der Waals surface area contributed by atoms with E-state index >= 15 is 0 Å². The van der Waals surface area contributed by atoms with E-state index in [4.69, 9.17) is 4.74 Å². The molecule has 0 radical (unpaired) electrons. The minimum atomic E-state index is -0.0546. The Labute approximate surface area is 205 Å². The van der Waals surface area contributed by atoms with Gasteiger partial charge in [0.15, 0.2) is 0 Å². The standard InChI is InChI=1S/C27H44N4O3/c1-4-31-15-9-10-22(31)18-29-27(33)23-11-8-12-25-24(23)19-30(16-13-21(2)3)20-26(32)28-14-6-5-7-17-34-25/h8,11-12,21-22H,4-7,9-10,13-20H2,1-3H3,(H,28,32)(H,29,33). The van der Waals surface area contributed by atoms with Crippen molar-refractivity contribution < 1.29 is 14.3 Å². The van der Waals surface area contributed by atoms with E-state index in [0.717, 1.165) is 63.1 Å². The highest BCUT2D eigenvalue weighted by molar-refractivity contribution is 5.96. The van der Waals surface area contributed by atoms with Crippen LogP contribution in [0.3, 0.4) is 0 Å². The van der Waals surface area contributed by atoms with Crippen molar-refractivity contribution in [1.29, 1.82) is 0 Å². The van der Waals surface area contributed by atoms with Crippen LogP contribution in [0.25, 0.3) is 0 Å². The van der Waals surface area contributed by atoms with Gasteiger partial charge in [0.05, 0.1) is 13.2 Å². The topological polar surface area (TPSA) is 73.9 Å². The summed E-state index contributed by atoms with van der Waals surface area (Å²) >= 11 is 0. The minimum Gasteiger partial charge on any atom is -0.493 e. The number of likely N-dealkylation sites (N-methyl/N-ethyl adjacent to an activating group) is 1. The summed E-state index contributed by atoms with van der Waals surface area (Å²) in [5.41, 5.74) is 1.54. The van der Waals surface area contributed by atoms with E-state index in [1.165, 1.54) is 6.42 Å². The normalized spacial score (nSPS) is 21.1. The SMILES string of the molecule is CCN1CCCC1CNC(=O)c1cccc2c1CN(CCC(C)C)CC(=O)NCCCCCO2. The van der Waals surface area contributed by atoms with Gasteiger partial charge >= 0.3 is 0 Å². The first-order chi connectivity index (χ1) is 16.5. The number of likely N-dealkylation sites (tertiary alicyclic amines) is 1. The van der Waals surface area contributed by atoms with Crippen LogP contribution in [-0.2, 0) is 11.3 Å². The molecule has 1 aromatic rings. The number of carbonyl (C=O) groups excluding carboxylic acids is 2. The van der Waals surface area contributed by atoms with Crippen molar-refractivity contribution in [2.24, 2.45) is 5.92 Å². The number of ether oxygens (including phenoxy) is 1. The van der Waals surface area contributed by atoms with E-state index in [2.05, 4.69) is 41.2 Å². The van der Waals surface area contributed by atoms with Gasteiger partial charge in [0, 0.05) is 36.8 Å². The zero-order valence-corrected chi connectivity index (χ0v) is 21.4. The molecule has 2 aliphatic heterocycles. The molecule has 1 unspecified atom stereocenters. The smallest absolute Gasteiger partial charge is 0.251 e. The van der Waals surface area contributed by atoms with Gasteiger partial charge in [0.2, 0.25) is 5.91 Å². The second kappa shape index (κ2) is 13.7. The zero-order valence-electron chi connectivity index (χ0n) is 21.4. The molecule has 0 spiro atoms. The molecule has 190 valence electrons. The fourth-order valence-electron chi connectivity index (χ4n) is 4.88. The van der Waals surface area contributed by atoms with Gasteiger partial charge in [-0.15, -0.1) is 0 Å². The van der Waals surface area contributed by atoms with Crippen molar-refractivity contribution in [3.63, 3.8) is 0 Å². The third kappa shape index (κ3) is 7.98. The van der Waals surface area contributed by atoms with Gasteiger partial charge in [-0.05, 0) is 76.2 Å². The van der Waals surface area contributed by atoms with Crippen LogP contribution < -0.4 is 15.4 Å². The van der Waals surface area contributed by atoms with Gasteiger partial charge in [-0.1, -0.05) is 26.8 Å². The van der Waals surface area contributed by atoms with Crippen molar-refractivity contribution in [2.75, 3.05) is 45.9 Å². The largest absolute Gasteiger partial charge is 0.493 e. The Hall–Kier alpha value is -2.12. The van der Waals surface area contributed by atoms with Crippen LogP contribution in [0.5, 0.6) is 5.75 Å². The average Bonchev–Trinajstić information content (AvgIpc) is 3.28. The molecular formula is C27H44N4O3. The van der Waals surface area contributed by atoms with Gasteiger partial charge in [-0.25, -0.2) is 0 Å². The molecule has 34 heavy (non-hydrogen) atoms. The number of nitrogens with one attached hydrogen (secondary N) is 2. The van der Waals surface area contributed by atoms with Crippen LogP contribution in [-0.4, -0.2) is 73.5 Å². The Bertz CT molecular complexity index is 798. The van der Waals surface area contributed by atoms with Crippen molar-refractivity contribution in [1.82, 2.24) is 20.4 Å². The molecule has 0 aliphatic carbocycles. The second-order valence-electron chi connectivity index (χ2n) is 10.1. The van der Waals surface area contributed by atoms with E-state index in [9.17, 15) is 9.59 Å². The first-order valence-electron chi connectivity index (χ1n) is 13.2. The van der Waals surface area contributed by atoms with Gasteiger partial charge in [0.25, 0.3) is 5.91 Å². The number of amides is 2. The predicted octanol–water partition coefficient (Wildman–Crippen LogP) is 3.43. The van der Waals surface area contributed by atoms with Crippen LogP contribution in [0.2, 0.25) is 0 Å². The molecule has 1 saturated heterocycles. The highest BCUT2D eigenvalue weighted by atomic mass is 16.5. The van der Waals surface area contributed by atoms with Crippen molar-refractivity contribution >= 4 is 11.8 Å². The molecule has 0 bridgehead atoms. The van der Waals surface area contributed by atoms with Gasteiger partial charge < -0.3 is 15.4 Å². The Kier molecular flexibility index (Phi) is 10.7. The van der Waals surface area contributed by atoms with Crippen LogP contribution in [0.1, 0.15) is 75.2 Å². The molecule has 2 amide bonds.